The Labute approximate surface area is 602 Å². The predicted molar refractivity (Wildman–Crippen MR) is 454 cm³/mol. The Bertz CT molecular complexity index is 4630. The molecule has 1 aliphatic heterocycles. The van der Waals surface area contributed by atoms with Gasteiger partial charge in [0.05, 0.1) is 33.2 Å². The molecule has 16 rings (SSSR count). The topological polar surface area (TPSA) is 14.8 Å². The van der Waals surface area contributed by atoms with E-state index in [9.17, 15) is 0 Å². The molecule has 0 fully saturated rings. The van der Waals surface area contributed by atoms with Gasteiger partial charge in [0.15, 0.2) is 0 Å². The van der Waals surface area contributed by atoms with Crippen LogP contribution >= 0.6 is 0 Å². The lowest BCUT2D eigenvalue weighted by molar-refractivity contribution is 0.423. The largest absolute Gasteiger partial charge is 0.335 e. The van der Waals surface area contributed by atoms with Crippen LogP contribution in [0, 0.1) is 5.41 Å². The Morgan fingerprint density at radius 3 is 1.06 bits per heavy atom. The highest BCUT2D eigenvalue weighted by Crippen LogP contribution is 2.61. The summed E-state index contributed by atoms with van der Waals surface area (Å²) in [4.78, 5) is 0. The van der Waals surface area contributed by atoms with Gasteiger partial charge in [0.2, 0.25) is 0 Å². The van der Waals surface area contributed by atoms with Gasteiger partial charge in [0.25, 0.3) is 0 Å². The molecule has 0 saturated heterocycles. The standard InChI is InChI=1S/C31H19N.2C20H19N.C5H12.10C2H6/c1-4-14-24-20(10-1)21-11-2-5-15-25(21)31(24)26-16-6-8-19-29(26)32-28-18-7-3-12-22(28)23-13-9-17-27(31)30(23)32;1-20(2,3)21-18-11-7-6-10-16(18)17-13-12-14-8-4-5-9-15(14)19(17)21;1-20(2,3)21-17-11-7-6-10-16(17)19-15-9-5-4-8-14(15)12-13-18(19)21;1-5(2,3)4;10*1-2/h1-19H;2*4-13H,1-3H3;1-4H3;10*1-2H3. The van der Waals surface area contributed by atoms with Gasteiger partial charge >= 0.3 is 0 Å². The molecule has 3 heteroatoms. The van der Waals surface area contributed by atoms with Crippen molar-refractivity contribution in [3.63, 3.8) is 0 Å². The molecule has 0 saturated carbocycles. The molecule has 2 aliphatic rings. The maximum Gasteiger partial charge on any atom is 0.0754 e. The Balaban J connectivity index is 0.000000339. The zero-order chi connectivity index (χ0) is 74.6. The van der Waals surface area contributed by atoms with Crippen LogP contribution in [-0.4, -0.2) is 13.7 Å². The summed E-state index contributed by atoms with van der Waals surface area (Å²) in [6.45, 7) is 62.4. The molecule has 0 atom stereocenters. The molecule has 4 heterocycles. The second-order valence-electron chi connectivity index (χ2n) is 25.3. The Morgan fingerprint density at radius 1 is 0.232 bits per heavy atom. The van der Waals surface area contributed by atoms with Crippen molar-refractivity contribution in [3.05, 3.63) is 259 Å². The van der Waals surface area contributed by atoms with Crippen molar-refractivity contribution in [2.75, 3.05) is 0 Å². The van der Waals surface area contributed by atoms with Crippen LogP contribution in [0.15, 0.2) is 237 Å². The van der Waals surface area contributed by atoms with Gasteiger partial charge in [0, 0.05) is 59.8 Å². The van der Waals surface area contributed by atoms with Crippen LogP contribution in [0.4, 0.5) is 0 Å². The van der Waals surface area contributed by atoms with Gasteiger partial charge in [0.1, 0.15) is 0 Å². The number of benzene rings is 11. The maximum absolute atomic E-state index is 2.49. The average molecular weight is 1330 g/mol. The molecule has 14 aromatic rings. The third kappa shape index (κ3) is 17.2. The van der Waals surface area contributed by atoms with E-state index in [1.165, 1.54) is 126 Å². The minimum Gasteiger partial charge on any atom is -0.335 e. The number of hydrogen-bond acceptors (Lipinski definition) is 0. The first-order valence-corrected chi connectivity index (χ1v) is 38.2. The number of nitrogens with zero attached hydrogens (tertiary/aromatic N) is 3. The number of hydrogen-bond donors (Lipinski definition) is 0. The van der Waals surface area contributed by atoms with E-state index in [-0.39, 0.29) is 16.5 Å². The molecule has 0 bridgehead atoms. The summed E-state index contributed by atoms with van der Waals surface area (Å²) in [7, 11) is 0. The maximum atomic E-state index is 2.49. The summed E-state index contributed by atoms with van der Waals surface area (Å²) in [5, 5.41) is 13.3. The second-order valence-corrected chi connectivity index (χ2v) is 25.3. The average Bonchev–Trinajstić information content (AvgIpc) is 1.53. The molecule has 528 valence electrons. The van der Waals surface area contributed by atoms with E-state index < -0.39 is 0 Å². The van der Waals surface area contributed by atoms with Gasteiger partial charge in [-0.05, 0) is 127 Å². The van der Waals surface area contributed by atoms with Gasteiger partial charge < -0.3 is 13.7 Å². The molecular weight excluding hydrogens is 1200 g/mol. The van der Waals surface area contributed by atoms with Crippen LogP contribution in [-0.2, 0) is 16.5 Å². The molecule has 99 heavy (non-hydrogen) atoms. The van der Waals surface area contributed by atoms with Crippen molar-refractivity contribution < 1.29 is 0 Å². The van der Waals surface area contributed by atoms with E-state index in [1.54, 1.807) is 0 Å². The molecule has 11 aromatic carbocycles. The van der Waals surface area contributed by atoms with Gasteiger partial charge in [-0.25, -0.2) is 0 Å². The molecule has 3 aromatic heterocycles. The smallest absolute Gasteiger partial charge is 0.0754 e. The summed E-state index contributed by atoms with van der Waals surface area (Å²) >= 11 is 0. The Hall–Kier alpha value is -8.66. The minimum atomic E-state index is -0.312. The molecule has 0 N–H and O–H groups in total. The summed E-state index contributed by atoms with van der Waals surface area (Å²) in [6.07, 6.45) is 0. The first kappa shape index (κ1) is 84.6. The van der Waals surface area contributed by atoms with E-state index in [4.69, 9.17) is 0 Å². The molecule has 1 spiro atoms. The first-order valence-electron chi connectivity index (χ1n) is 38.2. The zero-order valence-corrected chi connectivity index (χ0v) is 67.4. The quantitative estimate of drug-likeness (QED) is 0.144. The third-order valence-electron chi connectivity index (χ3n) is 16.1. The minimum absolute atomic E-state index is 0.0471. The highest BCUT2D eigenvalue weighted by Gasteiger charge is 2.50. The number of fused-ring (bicyclic) bond motifs is 22. The lowest BCUT2D eigenvalue weighted by Crippen LogP contribution is -2.33. The van der Waals surface area contributed by atoms with Crippen LogP contribution in [0.25, 0.3) is 104 Å². The molecule has 0 unspecified atom stereocenters. The monoisotopic (exact) mass is 1320 g/mol. The van der Waals surface area contributed by atoms with E-state index in [0.717, 1.165) is 0 Å². The van der Waals surface area contributed by atoms with Crippen LogP contribution in [0.5, 0.6) is 0 Å². The Morgan fingerprint density at radius 2 is 0.566 bits per heavy atom. The van der Waals surface area contributed by atoms with Crippen LogP contribution in [0.3, 0.4) is 0 Å². The van der Waals surface area contributed by atoms with E-state index in [2.05, 4.69) is 320 Å². The number of para-hydroxylation sites is 5. The highest BCUT2D eigenvalue weighted by molar-refractivity contribution is 6.21. The lowest BCUT2D eigenvalue weighted by atomic mass is 9.65. The first-order chi connectivity index (χ1) is 48.0. The summed E-state index contributed by atoms with van der Waals surface area (Å²) in [6, 6.07) is 86.5. The van der Waals surface area contributed by atoms with Gasteiger partial charge in [-0.2, -0.15) is 0 Å². The molecular formula is C96H129N3. The molecule has 0 radical (unpaired) electrons. The van der Waals surface area contributed by atoms with Crippen molar-refractivity contribution >= 4 is 87.0 Å². The van der Waals surface area contributed by atoms with Crippen LogP contribution < -0.4 is 0 Å². The van der Waals surface area contributed by atoms with E-state index in [1.807, 2.05) is 138 Å². The fourth-order valence-corrected chi connectivity index (χ4v) is 13.4. The molecule has 0 amide bonds. The second kappa shape index (κ2) is 39.8. The lowest BCUT2D eigenvalue weighted by Gasteiger charge is -2.39. The summed E-state index contributed by atoms with van der Waals surface area (Å²) < 4.78 is 7.44. The third-order valence-corrected chi connectivity index (χ3v) is 16.1. The number of rotatable bonds is 0. The molecule has 3 nitrogen and oxygen atoms in total. The van der Waals surface area contributed by atoms with Crippen LogP contribution in [0.1, 0.15) is 230 Å². The summed E-state index contributed by atoms with van der Waals surface area (Å²) in [5.41, 5.74) is 17.7. The van der Waals surface area contributed by atoms with Crippen molar-refractivity contribution in [1.29, 1.82) is 0 Å². The van der Waals surface area contributed by atoms with Crippen molar-refractivity contribution in [2.24, 2.45) is 5.41 Å². The van der Waals surface area contributed by atoms with E-state index >= 15 is 0 Å². The SMILES string of the molecule is CC.CC.CC.CC.CC.CC.CC.CC.CC.CC.CC(C)(C)C.CC(C)(C)n1c2ccccc2c2c3ccccc3ccc21.CC(C)(C)n1c2ccccc2c2ccc3ccccc3c21.c1ccc2c(c1)-c1ccccc1C21c2ccccc2-n2c3ccccc3c3cccc1c32. The van der Waals surface area contributed by atoms with Gasteiger partial charge in [-0.1, -0.05) is 372 Å². The fourth-order valence-electron chi connectivity index (χ4n) is 13.4. The highest BCUT2D eigenvalue weighted by atomic mass is 15.1. The summed E-state index contributed by atoms with van der Waals surface area (Å²) in [5.74, 6) is 0. The van der Waals surface area contributed by atoms with Crippen LogP contribution in [0.2, 0.25) is 0 Å². The van der Waals surface area contributed by atoms with Gasteiger partial charge in [-0.15, -0.1) is 0 Å². The van der Waals surface area contributed by atoms with E-state index in [0.29, 0.717) is 5.41 Å². The Kier molecular flexibility index (Phi) is 34.0. The van der Waals surface area contributed by atoms with Gasteiger partial charge in [-0.3, -0.25) is 0 Å². The van der Waals surface area contributed by atoms with Crippen molar-refractivity contribution in [2.45, 2.75) is 224 Å². The predicted octanol–water partition coefficient (Wildman–Crippen LogP) is 31.2. The zero-order valence-electron chi connectivity index (χ0n) is 67.4. The molecule has 1 aliphatic carbocycles. The van der Waals surface area contributed by atoms with Crippen molar-refractivity contribution in [3.8, 4) is 16.8 Å². The number of aromatic nitrogens is 3. The fraction of sp³-hybridized carbons (Fsp3) is 0.354. The van der Waals surface area contributed by atoms with Crippen molar-refractivity contribution in [1.82, 2.24) is 13.7 Å². The normalized spacial score (nSPS) is 11.2.